The zero-order valence-corrected chi connectivity index (χ0v) is 17.7. The van der Waals surface area contributed by atoms with E-state index in [1.165, 1.54) is 18.2 Å². The molecule has 2 aromatic heterocycles. The minimum Gasteiger partial charge on any atom is -0.370 e. The molecule has 0 spiro atoms. The Balaban J connectivity index is 1.70. The molecule has 1 aliphatic rings. The van der Waals surface area contributed by atoms with Crippen LogP contribution in [0, 0.1) is 30.3 Å². The maximum absolute atomic E-state index is 14.3. The summed E-state index contributed by atoms with van der Waals surface area (Å²) < 4.78 is 42.2. The molecule has 1 saturated heterocycles. The number of aryl methyl sites for hydroxylation is 1. The number of anilines is 1. The van der Waals surface area contributed by atoms with Crippen LogP contribution in [-0.4, -0.2) is 34.1 Å². The molecule has 3 N–H and O–H groups in total. The smallest absolute Gasteiger partial charge is 0.153 e. The summed E-state index contributed by atoms with van der Waals surface area (Å²) in [7, 11) is 0. The standard InChI is InChI=1S/C24H22F3N5/c1-12-3-14(5-16(25)4-12)18-8-29-9-19(23(18)32-10-15(11-32)13(2)28)24-30-21-7-17(26)6-20(27)22(21)31-24/h3-9,13,15H,10-11,28H2,1-2H3,(H,30,31). The molecule has 0 bridgehead atoms. The van der Waals surface area contributed by atoms with Crippen molar-refractivity contribution in [3.05, 3.63) is 65.7 Å². The highest BCUT2D eigenvalue weighted by atomic mass is 19.1. The second kappa shape index (κ2) is 7.63. The number of aromatic amines is 1. The van der Waals surface area contributed by atoms with Gasteiger partial charge in [-0.05, 0) is 43.2 Å². The van der Waals surface area contributed by atoms with Crippen LogP contribution >= 0.6 is 0 Å². The third kappa shape index (κ3) is 3.50. The van der Waals surface area contributed by atoms with E-state index in [4.69, 9.17) is 5.73 Å². The molecule has 32 heavy (non-hydrogen) atoms. The van der Waals surface area contributed by atoms with Crippen LogP contribution in [0.1, 0.15) is 12.5 Å². The summed E-state index contributed by atoms with van der Waals surface area (Å²) in [5, 5.41) is 0. The van der Waals surface area contributed by atoms with Crippen LogP contribution in [0.4, 0.5) is 18.9 Å². The molecule has 0 aliphatic carbocycles. The number of halogens is 3. The molecule has 5 nitrogen and oxygen atoms in total. The van der Waals surface area contributed by atoms with Gasteiger partial charge in [0, 0.05) is 49.1 Å². The number of nitrogens with two attached hydrogens (primary N) is 1. The number of hydrogen-bond donors (Lipinski definition) is 2. The molecule has 8 heteroatoms. The number of rotatable bonds is 4. The van der Waals surface area contributed by atoms with E-state index in [2.05, 4.69) is 19.9 Å². The predicted molar refractivity (Wildman–Crippen MR) is 119 cm³/mol. The fraction of sp³-hybridized carbons (Fsp3) is 0.250. The maximum Gasteiger partial charge on any atom is 0.153 e. The fourth-order valence-electron chi connectivity index (χ4n) is 4.27. The molecule has 3 heterocycles. The van der Waals surface area contributed by atoms with Crippen molar-refractivity contribution in [2.24, 2.45) is 11.7 Å². The summed E-state index contributed by atoms with van der Waals surface area (Å²) in [6, 6.07) is 6.88. The number of imidazole rings is 1. The normalized spacial score (nSPS) is 15.2. The van der Waals surface area contributed by atoms with E-state index in [0.717, 1.165) is 36.0 Å². The first-order valence-corrected chi connectivity index (χ1v) is 10.4. The average Bonchev–Trinajstić information content (AvgIpc) is 3.10. The Morgan fingerprint density at radius 1 is 1.03 bits per heavy atom. The van der Waals surface area contributed by atoms with Gasteiger partial charge < -0.3 is 15.6 Å². The summed E-state index contributed by atoms with van der Waals surface area (Å²) in [5.41, 5.74) is 10.0. The summed E-state index contributed by atoms with van der Waals surface area (Å²) in [4.78, 5) is 13.9. The SMILES string of the molecule is Cc1cc(F)cc(-c2cncc(-c3nc4c(F)cc(F)cc4[nH]3)c2N2CC(C(C)N)C2)c1. The van der Waals surface area contributed by atoms with Crippen LogP contribution in [0.5, 0.6) is 0 Å². The Morgan fingerprint density at radius 2 is 1.75 bits per heavy atom. The van der Waals surface area contributed by atoms with Gasteiger partial charge >= 0.3 is 0 Å². The van der Waals surface area contributed by atoms with Crippen LogP contribution in [0.25, 0.3) is 33.5 Å². The molecular formula is C24H22F3N5. The van der Waals surface area contributed by atoms with Gasteiger partial charge in [-0.25, -0.2) is 18.2 Å². The summed E-state index contributed by atoms with van der Waals surface area (Å²) in [6.45, 7) is 5.25. The van der Waals surface area contributed by atoms with Gasteiger partial charge in [0.2, 0.25) is 0 Å². The lowest BCUT2D eigenvalue weighted by Gasteiger charge is -2.44. The second-order valence-corrected chi connectivity index (χ2v) is 8.49. The van der Waals surface area contributed by atoms with Crippen molar-refractivity contribution in [1.29, 1.82) is 0 Å². The number of nitrogens with zero attached hydrogens (tertiary/aromatic N) is 3. The highest BCUT2D eigenvalue weighted by Gasteiger charge is 2.33. The first-order valence-electron chi connectivity index (χ1n) is 10.4. The van der Waals surface area contributed by atoms with E-state index in [1.807, 2.05) is 19.9 Å². The lowest BCUT2D eigenvalue weighted by molar-refractivity contribution is 0.355. The second-order valence-electron chi connectivity index (χ2n) is 8.49. The zero-order valence-electron chi connectivity index (χ0n) is 17.7. The highest BCUT2D eigenvalue weighted by molar-refractivity contribution is 5.91. The van der Waals surface area contributed by atoms with Crippen molar-refractivity contribution < 1.29 is 13.2 Å². The van der Waals surface area contributed by atoms with Gasteiger partial charge in [0.25, 0.3) is 0 Å². The number of fused-ring (bicyclic) bond motifs is 1. The van der Waals surface area contributed by atoms with Crippen molar-refractivity contribution in [1.82, 2.24) is 15.0 Å². The van der Waals surface area contributed by atoms with Gasteiger partial charge in [0.1, 0.15) is 23.0 Å². The first-order chi connectivity index (χ1) is 15.3. The summed E-state index contributed by atoms with van der Waals surface area (Å²) in [6.07, 6.45) is 3.32. The number of H-pyrrole nitrogens is 1. The third-order valence-corrected chi connectivity index (χ3v) is 6.00. The number of pyridine rings is 1. The molecule has 164 valence electrons. The van der Waals surface area contributed by atoms with Crippen LogP contribution in [-0.2, 0) is 0 Å². The highest BCUT2D eigenvalue weighted by Crippen LogP contribution is 2.42. The van der Waals surface area contributed by atoms with Crippen molar-refractivity contribution in [3.8, 4) is 22.5 Å². The van der Waals surface area contributed by atoms with Crippen LogP contribution in [0.3, 0.4) is 0 Å². The summed E-state index contributed by atoms with van der Waals surface area (Å²) in [5.74, 6) is -1.08. The van der Waals surface area contributed by atoms with Crippen LogP contribution in [0.2, 0.25) is 0 Å². The van der Waals surface area contributed by atoms with E-state index in [-0.39, 0.29) is 22.9 Å². The predicted octanol–water partition coefficient (Wildman–Crippen LogP) is 4.80. The molecule has 0 radical (unpaired) electrons. The number of nitrogens with one attached hydrogen (secondary N) is 1. The molecule has 1 fully saturated rings. The van der Waals surface area contributed by atoms with E-state index < -0.39 is 11.6 Å². The van der Waals surface area contributed by atoms with E-state index in [0.29, 0.717) is 22.9 Å². The molecule has 4 aromatic rings. The lowest BCUT2D eigenvalue weighted by Crippen LogP contribution is -2.54. The van der Waals surface area contributed by atoms with Gasteiger partial charge in [-0.3, -0.25) is 4.98 Å². The van der Waals surface area contributed by atoms with Gasteiger partial charge in [0.15, 0.2) is 5.82 Å². The van der Waals surface area contributed by atoms with Crippen LogP contribution in [0.15, 0.2) is 42.7 Å². The number of hydrogen-bond acceptors (Lipinski definition) is 4. The Kier molecular flexibility index (Phi) is 4.89. The van der Waals surface area contributed by atoms with Crippen LogP contribution < -0.4 is 10.6 Å². The molecule has 0 amide bonds. The summed E-state index contributed by atoms with van der Waals surface area (Å²) >= 11 is 0. The first kappa shape index (κ1) is 20.5. The van der Waals surface area contributed by atoms with Crippen molar-refractivity contribution >= 4 is 16.7 Å². The van der Waals surface area contributed by atoms with Crippen molar-refractivity contribution in [2.45, 2.75) is 19.9 Å². The largest absolute Gasteiger partial charge is 0.370 e. The zero-order chi connectivity index (χ0) is 22.6. The molecule has 5 rings (SSSR count). The quantitative estimate of drug-likeness (QED) is 0.481. The van der Waals surface area contributed by atoms with Gasteiger partial charge in [-0.2, -0.15) is 0 Å². The Bertz CT molecular complexity index is 1300. The Labute approximate surface area is 183 Å². The molecule has 1 aliphatic heterocycles. The lowest BCUT2D eigenvalue weighted by atomic mass is 9.90. The average molecular weight is 437 g/mol. The Morgan fingerprint density at radius 3 is 2.47 bits per heavy atom. The third-order valence-electron chi connectivity index (χ3n) is 6.00. The molecule has 0 saturated carbocycles. The number of benzene rings is 2. The molecule has 1 atom stereocenters. The van der Waals surface area contributed by atoms with Gasteiger partial charge in [0.05, 0.1) is 16.8 Å². The van der Waals surface area contributed by atoms with E-state index in [1.54, 1.807) is 12.4 Å². The molecule has 1 unspecified atom stereocenters. The van der Waals surface area contributed by atoms with Gasteiger partial charge in [-0.15, -0.1) is 0 Å². The topological polar surface area (TPSA) is 70.8 Å². The Hall–Kier alpha value is -3.39. The monoisotopic (exact) mass is 437 g/mol. The fourth-order valence-corrected chi connectivity index (χ4v) is 4.27. The van der Waals surface area contributed by atoms with Crippen molar-refractivity contribution in [2.75, 3.05) is 18.0 Å². The maximum atomic E-state index is 14.3. The molecular weight excluding hydrogens is 415 g/mol. The molecule has 2 aromatic carbocycles. The van der Waals surface area contributed by atoms with E-state index in [9.17, 15) is 13.2 Å². The van der Waals surface area contributed by atoms with Crippen molar-refractivity contribution in [3.63, 3.8) is 0 Å². The van der Waals surface area contributed by atoms with E-state index >= 15 is 0 Å². The van der Waals surface area contributed by atoms with Gasteiger partial charge in [-0.1, -0.05) is 6.07 Å². The number of aromatic nitrogens is 3. The minimum atomic E-state index is -0.741. The minimum absolute atomic E-state index is 0.0414.